The Bertz CT molecular complexity index is 2610. The van der Waals surface area contributed by atoms with Crippen LogP contribution in [0, 0.1) is 11.3 Å². The minimum absolute atomic E-state index is 0.637. The van der Waals surface area contributed by atoms with E-state index < -0.39 is 5.41 Å². The highest BCUT2D eigenvalue weighted by Crippen LogP contribution is 2.63. The topological polar surface area (TPSA) is 58.8 Å². The van der Waals surface area contributed by atoms with Crippen molar-refractivity contribution in [2.45, 2.75) is 5.41 Å². The summed E-state index contributed by atoms with van der Waals surface area (Å²) < 4.78 is 6.62. The highest BCUT2D eigenvalue weighted by Gasteiger charge is 2.51. The lowest BCUT2D eigenvalue weighted by atomic mass is 9.66. The lowest BCUT2D eigenvalue weighted by Gasteiger charge is -2.39. The molecule has 2 heterocycles. The SMILES string of the molecule is N#Cc1ccc(-c2cccc3c2-c2ccc(-c4nc(-c5ccccc5)cc(-c5ccccc5)n4)cc2C32c3ccccc3Oc3ccccc32)cc1. The van der Waals surface area contributed by atoms with E-state index in [0.717, 1.165) is 73.0 Å². The zero-order valence-corrected chi connectivity index (χ0v) is 28.0. The van der Waals surface area contributed by atoms with Gasteiger partial charge in [0.05, 0.1) is 28.4 Å². The number of para-hydroxylation sites is 2. The van der Waals surface area contributed by atoms with Crippen LogP contribution in [0.1, 0.15) is 27.8 Å². The highest BCUT2D eigenvalue weighted by atomic mass is 16.5. The van der Waals surface area contributed by atoms with Gasteiger partial charge in [-0.25, -0.2) is 9.97 Å². The Hall–Kier alpha value is -7.09. The smallest absolute Gasteiger partial charge is 0.160 e. The summed E-state index contributed by atoms with van der Waals surface area (Å²) in [5, 5.41) is 9.55. The molecule has 0 amide bonds. The van der Waals surface area contributed by atoms with Crippen LogP contribution in [0.25, 0.3) is 56.2 Å². The quantitative estimate of drug-likeness (QED) is 0.188. The number of nitrogens with zero attached hydrogens (tertiary/aromatic N) is 3. The summed E-state index contributed by atoms with van der Waals surface area (Å²) >= 11 is 0. The Kier molecular flexibility index (Phi) is 6.74. The van der Waals surface area contributed by atoms with E-state index in [1.165, 1.54) is 11.1 Å². The summed E-state index contributed by atoms with van der Waals surface area (Å²) in [5.41, 5.74) is 13.7. The molecule has 0 saturated carbocycles. The van der Waals surface area contributed by atoms with Gasteiger partial charge in [0.25, 0.3) is 0 Å². The van der Waals surface area contributed by atoms with Gasteiger partial charge in [-0.05, 0) is 69.8 Å². The van der Waals surface area contributed by atoms with Crippen LogP contribution in [0.2, 0.25) is 0 Å². The van der Waals surface area contributed by atoms with E-state index in [4.69, 9.17) is 14.7 Å². The molecule has 1 aliphatic carbocycles. The number of hydrogen-bond donors (Lipinski definition) is 0. The predicted molar refractivity (Wildman–Crippen MR) is 206 cm³/mol. The van der Waals surface area contributed by atoms with Gasteiger partial charge in [-0.15, -0.1) is 0 Å². The number of nitriles is 1. The number of fused-ring (bicyclic) bond motifs is 9. The minimum Gasteiger partial charge on any atom is -0.457 e. The van der Waals surface area contributed by atoms with E-state index in [0.29, 0.717) is 11.4 Å². The monoisotopic (exact) mass is 663 g/mol. The first kappa shape index (κ1) is 29.8. The van der Waals surface area contributed by atoms with Gasteiger partial charge in [-0.3, -0.25) is 0 Å². The van der Waals surface area contributed by atoms with E-state index >= 15 is 0 Å². The molecule has 4 heteroatoms. The fourth-order valence-electron chi connectivity index (χ4n) is 8.14. The van der Waals surface area contributed by atoms with E-state index in [2.05, 4.69) is 109 Å². The van der Waals surface area contributed by atoms with Gasteiger partial charge in [0, 0.05) is 27.8 Å². The summed E-state index contributed by atoms with van der Waals surface area (Å²) in [6, 6.07) is 62.9. The first-order valence-electron chi connectivity index (χ1n) is 17.4. The number of aromatic nitrogens is 2. The van der Waals surface area contributed by atoms with Crippen LogP contribution in [-0.2, 0) is 5.41 Å². The zero-order chi connectivity index (χ0) is 34.6. The van der Waals surface area contributed by atoms with E-state index in [1.807, 2.05) is 72.8 Å². The van der Waals surface area contributed by atoms with Gasteiger partial charge in [-0.2, -0.15) is 5.26 Å². The van der Waals surface area contributed by atoms with Crippen LogP contribution < -0.4 is 4.74 Å². The molecule has 1 aliphatic heterocycles. The van der Waals surface area contributed by atoms with Crippen LogP contribution >= 0.6 is 0 Å². The number of rotatable bonds is 4. The van der Waals surface area contributed by atoms with E-state index in [-0.39, 0.29) is 0 Å². The molecular formula is C48H29N3O. The van der Waals surface area contributed by atoms with Crippen molar-refractivity contribution in [2.75, 3.05) is 0 Å². The van der Waals surface area contributed by atoms with Gasteiger partial charge >= 0.3 is 0 Å². The number of benzene rings is 7. The van der Waals surface area contributed by atoms with E-state index in [1.54, 1.807) is 0 Å². The molecular weight excluding hydrogens is 635 g/mol. The predicted octanol–water partition coefficient (Wildman–Crippen LogP) is 11.5. The van der Waals surface area contributed by atoms with E-state index in [9.17, 15) is 5.26 Å². The second kappa shape index (κ2) is 11.8. The van der Waals surface area contributed by atoms with Crippen molar-refractivity contribution >= 4 is 0 Å². The van der Waals surface area contributed by atoms with Gasteiger partial charge < -0.3 is 4.74 Å². The third kappa shape index (κ3) is 4.47. The molecule has 1 aromatic heterocycles. The fraction of sp³-hybridized carbons (Fsp3) is 0.0208. The van der Waals surface area contributed by atoms with Gasteiger partial charge in [0.2, 0.25) is 0 Å². The molecule has 7 aromatic carbocycles. The summed E-state index contributed by atoms with van der Waals surface area (Å²) in [4.78, 5) is 10.4. The molecule has 0 atom stereocenters. The lowest BCUT2D eigenvalue weighted by Crippen LogP contribution is -2.32. The maximum Gasteiger partial charge on any atom is 0.160 e. The van der Waals surface area contributed by atoms with Crippen molar-refractivity contribution in [3.05, 3.63) is 204 Å². The molecule has 242 valence electrons. The molecule has 0 radical (unpaired) electrons. The fourth-order valence-corrected chi connectivity index (χ4v) is 8.14. The van der Waals surface area contributed by atoms with Crippen molar-refractivity contribution in [3.63, 3.8) is 0 Å². The molecule has 0 saturated heterocycles. The largest absolute Gasteiger partial charge is 0.457 e. The number of ether oxygens (including phenoxy) is 1. The molecule has 52 heavy (non-hydrogen) atoms. The molecule has 2 aliphatic rings. The Morgan fingerprint density at radius 2 is 1.00 bits per heavy atom. The molecule has 0 bridgehead atoms. The van der Waals surface area contributed by atoms with Crippen molar-refractivity contribution in [1.29, 1.82) is 5.26 Å². The Balaban J connectivity index is 1.28. The van der Waals surface area contributed by atoms with Gasteiger partial charge in [0.1, 0.15) is 11.5 Å². The van der Waals surface area contributed by atoms with Crippen molar-refractivity contribution in [3.8, 4) is 73.7 Å². The molecule has 0 N–H and O–H groups in total. The molecule has 0 fully saturated rings. The lowest BCUT2D eigenvalue weighted by molar-refractivity contribution is 0.436. The molecule has 8 aromatic rings. The normalized spacial score (nSPS) is 12.9. The van der Waals surface area contributed by atoms with Crippen LogP contribution in [0.5, 0.6) is 11.5 Å². The summed E-state index contributed by atoms with van der Waals surface area (Å²) in [7, 11) is 0. The third-order valence-electron chi connectivity index (χ3n) is 10.4. The average Bonchev–Trinajstić information content (AvgIpc) is 3.51. The Morgan fingerprint density at radius 3 is 1.62 bits per heavy atom. The number of hydrogen-bond acceptors (Lipinski definition) is 4. The molecule has 4 nitrogen and oxygen atoms in total. The first-order valence-corrected chi connectivity index (χ1v) is 17.4. The zero-order valence-electron chi connectivity index (χ0n) is 28.0. The summed E-state index contributed by atoms with van der Waals surface area (Å²) in [6.45, 7) is 0. The maximum absolute atomic E-state index is 9.55. The van der Waals surface area contributed by atoms with Crippen LogP contribution in [-0.4, -0.2) is 9.97 Å². The highest BCUT2D eigenvalue weighted by molar-refractivity contribution is 5.97. The maximum atomic E-state index is 9.55. The average molecular weight is 664 g/mol. The molecule has 1 spiro atoms. The molecule has 0 unspecified atom stereocenters. The second-order valence-corrected chi connectivity index (χ2v) is 13.2. The van der Waals surface area contributed by atoms with Crippen molar-refractivity contribution in [1.82, 2.24) is 9.97 Å². The standard InChI is InChI=1S/C48H29N3O/c49-30-31-22-24-32(25-23-31)36-16-11-19-40-46(36)37-27-26-35(28-41(37)48(40)38-17-7-9-20-44(38)52-45-21-10-8-18-39(45)48)47-50-42(33-12-3-1-4-13-33)29-43(51-47)34-14-5-2-6-15-34/h1-29H. The van der Waals surface area contributed by atoms with Crippen molar-refractivity contribution in [2.24, 2.45) is 0 Å². The van der Waals surface area contributed by atoms with Crippen LogP contribution in [0.4, 0.5) is 0 Å². The summed E-state index contributed by atoms with van der Waals surface area (Å²) in [6.07, 6.45) is 0. The van der Waals surface area contributed by atoms with Crippen LogP contribution in [0.15, 0.2) is 176 Å². The Morgan fingerprint density at radius 1 is 0.442 bits per heavy atom. The second-order valence-electron chi connectivity index (χ2n) is 13.2. The summed E-state index contributed by atoms with van der Waals surface area (Å²) in [5.74, 6) is 2.33. The first-order chi connectivity index (χ1) is 25.7. The van der Waals surface area contributed by atoms with Crippen molar-refractivity contribution < 1.29 is 4.74 Å². The molecule has 10 rings (SSSR count). The van der Waals surface area contributed by atoms with Gasteiger partial charge in [-0.1, -0.05) is 140 Å². The Labute approximate surface area is 301 Å². The van der Waals surface area contributed by atoms with Gasteiger partial charge in [0.15, 0.2) is 5.82 Å². The van der Waals surface area contributed by atoms with Crippen LogP contribution in [0.3, 0.4) is 0 Å². The third-order valence-corrected chi connectivity index (χ3v) is 10.4. The minimum atomic E-state index is -0.673.